The molecule has 0 saturated carbocycles. The van der Waals surface area contributed by atoms with Crippen molar-refractivity contribution in [1.82, 2.24) is 24.9 Å². The van der Waals surface area contributed by atoms with Crippen molar-refractivity contribution in [3.05, 3.63) is 60.2 Å². The fraction of sp³-hybridized carbons (Fsp3) is 0.227. The topological polar surface area (TPSA) is 91.0 Å². The third kappa shape index (κ3) is 4.12. The van der Waals surface area contributed by atoms with E-state index >= 15 is 0 Å². The van der Waals surface area contributed by atoms with E-state index in [0.29, 0.717) is 25.5 Å². The molecule has 5 rings (SSSR count). The zero-order valence-electron chi connectivity index (χ0n) is 17.4. The lowest BCUT2D eigenvalue weighted by Gasteiger charge is -2.25. The van der Waals surface area contributed by atoms with Crippen LogP contribution in [-0.4, -0.2) is 40.4 Å². The van der Waals surface area contributed by atoms with Crippen molar-refractivity contribution in [1.29, 1.82) is 0 Å². The molecule has 0 saturated heterocycles. The summed E-state index contributed by atoms with van der Waals surface area (Å²) >= 11 is 1.59. The maximum Gasteiger partial charge on any atom is 0.229 e. The van der Waals surface area contributed by atoms with Crippen molar-refractivity contribution in [2.45, 2.75) is 17.9 Å². The Labute approximate surface area is 188 Å². The van der Waals surface area contributed by atoms with Crippen LogP contribution >= 0.6 is 11.9 Å². The van der Waals surface area contributed by atoms with Crippen LogP contribution < -0.4 is 14.9 Å². The summed E-state index contributed by atoms with van der Waals surface area (Å²) < 4.78 is 23.5. The third-order valence-corrected chi connectivity index (χ3v) is 6.12. The molecule has 32 heavy (non-hydrogen) atoms. The number of halogens is 1. The molecule has 8 nitrogen and oxygen atoms in total. The zero-order chi connectivity index (χ0) is 21.9. The smallest absolute Gasteiger partial charge is 0.229 e. The quantitative estimate of drug-likeness (QED) is 0.266. The number of H-pyrrole nitrogens is 1. The molecule has 0 amide bonds. The molecule has 4 aromatic rings. The molecule has 0 spiro atoms. The van der Waals surface area contributed by atoms with E-state index in [2.05, 4.69) is 36.3 Å². The lowest BCUT2D eigenvalue weighted by Crippen LogP contribution is -2.23. The van der Waals surface area contributed by atoms with E-state index in [4.69, 9.17) is 4.74 Å². The molecule has 0 fully saturated rings. The number of nitrogens with zero attached hydrogens (tertiary/aromatic N) is 4. The van der Waals surface area contributed by atoms with Gasteiger partial charge in [-0.05, 0) is 48.2 Å². The molecule has 2 aromatic heterocycles. The predicted octanol–water partition coefficient (Wildman–Crippen LogP) is 4.52. The first-order chi connectivity index (χ1) is 15.7. The van der Waals surface area contributed by atoms with Crippen LogP contribution in [0, 0.1) is 5.82 Å². The summed E-state index contributed by atoms with van der Waals surface area (Å²) in [6.07, 6.45) is 3.64. The molecule has 1 aliphatic rings. The highest BCUT2D eigenvalue weighted by Crippen LogP contribution is 2.34. The number of methoxy groups -OCH3 is 1. The Kier molecular flexibility index (Phi) is 5.89. The number of rotatable bonds is 8. The number of hydrogen-bond acceptors (Lipinski definition) is 8. The Morgan fingerprint density at radius 2 is 2.19 bits per heavy atom. The van der Waals surface area contributed by atoms with Gasteiger partial charge in [0.15, 0.2) is 11.6 Å². The number of nitrogens with one attached hydrogen (secondary N) is 3. The zero-order valence-corrected chi connectivity index (χ0v) is 18.2. The minimum atomic E-state index is -0.498. The van der Waals surface area contributed by atoms with Gasteiger partial charge in [0, 0.05) is 42.8 Å². The molecule has 164 valence electrons. The Balaban J connectivity index is 1.50. The molecule has 3 heterocycles. The van der Waals surface area contributed by atoms with Crippen LogP contribution in [0.15, 0.2) is 53.7 Å². The fourth-order valence-electron chi connectivity index (χ4n) is 3.70. The van der Waals surface area contributed by atoms with Crippen LogP contribution in [0.4, 0.5) is 27.5 Å². The number of fused-ring (bicyclic) bond motifs is 2. The van der Waals surface area contributed by atoms with E-state index in [-0.39, 0.29) is 5.82 Å². The van der Waals surface area contributed by atoms with Gasteiger partial charge in [-0.3, -0.25) is 9.82 Å². The first-order valence-electron chi connectivity index (χ1n) is 10.2. The van der Waals surface area contributed by atoms with E-state index in [1.54, 1.807) is 25.3 Å². The van der Waals surface area contributed by atoms with E-state index in [1.807, 2.05) is 35.2 Å². The van der Waals surface area contributed by atoms with Crippen molar-refractivity contribution in [3.8, 4) is 0 Å². The minimum absolute atomic E-state index is 0.199. The summed E-state index contributed by atoms with van der Waals surface area (Å²) in [5, 5.41) is 11.2. The maximum absolute atomic E-state index is 15.0. The van der Waals surface area contributed by atoms with E-state index in [0.717, 1.165) is 33.7 Å². The predicted molar refractivity (Wildman–Crippen MR) is 124 cm³/mol. The Hall–Kier alpha value is -3.21. The highest BCUT2D eigenvalue weighted by atomic mass is 32.2. The second-order valence-electron chi connectivity index (χ2n) is 7.34. The van der Waals surface area contributed by atoms with Gasteiger partial charge in [-0.15, -0.1) is 0 Å². The van der Waals surface area contributed by atoms with Gasteiger partial charge in [0.2, 0.25) is 5.95 Å². The molecule has 10 heteroatoms. The Morgan fingerprint density at radius 1 is 1.25 bits per heavy atom. The lowest BCUT2D eigenvalue weighted by atomic mass is 10.2. The highest BCUT2D eigenvalue weighted by molar-refractivity contribution is 7.97. The highest BCUT2D eigenvalue weighted by Gasteiger charge is 2.20. The molecule has 0 bridgehead atoms. The van der Waals surface area contributed by atoms with Crippen LogP contribution in [0.25, 0.3) is 10.9 Å². The van der Waals surface area contributed by atoms with Crippen LogP contribution in [-0.2, 0) is 11.3 Å². The lowest BCUT2D eigenvalue weighted by molar-refractivity contribution is 0.196. The SMILES string of the molecule is COCCCN(c1nc(Nc2ccc3c(c2)SNC3)ncc1F)c1cccc2[nH]ncc12. The molecular formula is C22H22FN7OS. The van der Waals surface area contributed by atoms with Gasteiger partial charge in [-0.2, -0.15) is 10.1 Å². The number of aromatic nitrogens is 4. The molecule has 1 aliphatic heterocycles. The number of ether oxygens (including phenoxy) is 1. The number of anilines is 4. The van der Waals surface area contributed by atoms with Crippen molar-refractivity contribution >= 4 is 46.0 Å². The van der Waals surface area contributed by atoms with Crippen LogP contribution in [0.2, 0.25) is 0 Å². The molecule has 0 atom stereocenters. The summed E-state index contributed by atoms with van der Waals surface area (Å²) in [6, 6.07) is 11.9. The molecule has 0 unspecified atom stereocenters. The summed E-state index contributed by atoms with van der Waals surface area (Å²) in [6.45, 7) is 1.91. The average molecular weight is 452 g/mol. The molecular weight excluding hydrogens is 429 g/mol. The minimum Gasteiger partial charge on any atom is -0.385 e. The second-order valence-corrected chi connectivity index (χ2v) is 8.27. The largest absolute Gasteiger partial charge is 0.385 e. The Morgan fingerprint density at radius 3 is 3.09 bits per heavy atom. The first-order valence-corrected chi connectivity index (χ1v) is 11.1. The van der Waals surface area contributed by atoms with Crippen LogP contribution in [0.3, 0.4) is 0 Å². The van der Waals surface area contributed by atoms with Crippen molar-refractivity contribution in [3.63, 3.8) is 0 Å². The molecule has 3 N–H and O–H groups in total. The van der Waals surface area contributed by atoms with Crippen molar-refractivity contribution < 1.29 is 9.13 Å². The Bertz CT molecular complexity index is 1250. The summed E-state index contributed by atoms with van der Waals surface area (Å²) in [5.41, 5.74) is 3.78. The second kappa shape index (κ2) is 9.11. The number of benzene rings is 2. The maximum atomic E-state index is 15.0. The van der Waals surface area contributed by atoms with Gasteiger partial charge in [-0.25, -0.2) is 9.37 Å². The van der Waals surface area contributed by atoms with E-state index in [9.17, 15) is 4.39 Å². The standard InChI is InChI=1S/C22H22FN7OS/c1-31-9-3-8-30(19-5-2-4-18-16(19)12-25-29-18)21-17(23)13-24-22(28-21)27-15-7-6-14-11-26-32-20(14)10-15/h2,4-7,10,12-13,26H,3,8-9,11H2,1H3,(H,25,29)(H,24,27,28). The van der Waals surface area contributed by atoms with E-state index < -0.39 is 5.82 Å². The van der Waals surface area contributed by atoms with Gasteiger partial charge in [0.05, 0.1) is 23.6 Å². The van der Waals surface area contributed by atoms with Gasteiger partial charge in [0.25, 0.3) is 0 Å². The van der Waals surface area contributed by atoms with Crippen molar-refractivity contribution in [2.24, 2.45) is 0 Å². The third-order valence-electron chi connectivity index (χ3n) is 5.23. The van der Waals surface area contributed by atoms with Crippen molar-refractivity contribution in [2.75, 3.05) is 30.5 Å². The molecule has 2 aromatic carbocycles. The van der Waals surface area contributed by atoms with E-state index in [1.165, 1.54) is 11.8 Å². The fourth-order valence-corrected chi connectivity index (χ4v) is 4.54. The average Bonchev–Trinajstić information content (AvgIpc) is 3.47. The van der Waals surface area contributed by atoms with Gasteiger partial charge in [0.1, 0.15) is 0 Å². The van der Waals surface area contributed by atoms with Gasteiger partial charge in [-0.1, -0.05) is 12.1 Å². The van der Waals surface area contributed by atoms with Crippen LogP contribution in [0.5, 0.6) is 0 Å². The normalized spacial score (nSPS) is 12.8. The number of aromatic amines is 1. The summed E-state index contributed by atoms with van der Waals surface area (Å²) in [5.74, 6) is 0.0279. The summed E-state index contributed by atoms with van der Waals surface area (Å²) in [4.78, 5) is 11.7. The van der Waals surface area contributed by atoms with Gasteiger partial charge >= 0.3 is 0 Å². The first kappa shape index (κ1) is 20.7. The monoisotopic (exact) mass is 451 g/mol. The molecule has 0 aliphatic carbocycles. The van der Waals surface area contributed by atoms with Gasteiger partial charge < -0.3 is 15.0 Å². The molecule has 0 radical (unpaired) electrons. The summed E-state index contributed by atoms with van der Waals surface area (Å²) in [7, 11) is 1.65. The number of hydrogen-bond donors (Lipinski definition) is 3. The van der Waals surface area contributed by atoms with Crippen LogP contribution in [0.1, 0.15) is 12.0 Å².